The van der Waals surface area contributed by atoms with Crippen LogP contribution in [-0.2, 0) is 4.79 Å². The van der Waals surface area contributed by atoms with Gasteiger partial charge in [-0.05, 0) is 86.5 Å². The molecule has 7 nitrogen and oxygen atoms in total. The molecular weight excluding hydrogens is 476 g/mol. The number of hydrogen-bond acceptors (Lipinski definition) is 6. The van der Waals surface area contributed by atoms with Crippen molar-refractivity contribution in [1.29, 1.82) is 0 Å². The molecule has 1 saturated heterocycles. The van der Waals surface area contributed by atoms with E-state index >= 15 is 0 Å². The van der Waals surface area contributed by atoms with Gasteiger partial charge in [-0.1, -0.05) is 12.1 Å². The van der Waals surface area contributed by atoms with Gasteiger partial charge in [0.15, 0.2) is 11.5 Å². The minimum Gasteiger partial charge on any atom is -0.491 e. The van der Waals surface area contributed by atoms with Crippen LogP contribution in [0.2, 0.25) is 0 Å². The van der Waals surface area contributed by atoms with Crippen LogP contribution in [0.4, 0.5) is 4.79 Å². The molecule has 3 aromatic rings. The van der Waals surface area contributed by atoms with Crippen molar-refractivity contribution in [1.82, 2.24) is 9.47 Å². The number of aromatic nitrogens is 1. The fourth-order valence-electron chi connectivity index (χ4n) is 4.45. The third-order valence-corrected chi connectivity index (χ3v) is 7.24. The molecule has 5 rings (SSSR count). The van der Waals surface area contributed by atoms with Crippen molar-refractivity contribution in [3.63, 3.8) is 0 Å². The summed E-state index contributed by atoms with van der Waals surface area (Å²) in [6, 6.07) is 13.9. The summed E-state index contributed by atoms with van der Waals surface area (Å²) in [7, 11) is 0. The maximum Gasteiger partial charge on any atom is 0.293 e. The Hall–Kier alpha value is -3.65. The number of benzene rings is 2. The van der Waals surface area contributed by atoms with Crippen molar-refractivity contribution in [2.45, 2.75) is 27.7 Å². The lowest BCUT2D eigenvalue weighted by Crippen LogP contribution is -2.32. The predicted octanol–water partition coefficient (Wildman–Crippen LogP) is 5.60. The summed E-state index contributed by atoms with van der Waals surface area (Å²) in [4.78, 5) is 27.3. The van der Waals surface area contributed by atoms with E-state index in [1.54, 1.807) is 6.08 Å². The van der Waals surface area contributed by atoms with Gasteiger partial charge in [-0.3, -0.25) is 14.5 Å². The molecule has 2 aromatic carbocycles. The molecule has 2 aliphatic rings. The van der Waals surface area contributed by atoms with Gasteiger partial charge in [-0.15, -0.1) is 0 Å². The van der Waals surface area contributed by atoms with Crippen LogP contribution in [0.25, 0.3) is 11.8 Å². The first-order valence-corrected chi connectivity index (χ1v) is 12.7. The van der Waals surface area contributed by atoms with Gasteiger partial charge in [0.25, 0.3) is 11.1 Å². The molecule has 2 amide bonds. The maximum atomic E-state index is 13.0. The SMILES string of the molecule is Cc1ccc(C)c(OCCN2C(=O)S/C(=C\c3cc(C)n(-c4ccc5c(c4)OCCO5)c3C)C2=O)c1. The molecule has 0 aliphatic carbocycles. The van der Waals surface area contributed by atoms with E-state index in [-0.39, 0.29) is 24.3 Å². The smallest absolute Gasteiger partial charge is 0.293 e. The number of thioether (sulfide) groups is 1. The van der Waals surface area contributed by atoms with Crippen LogP contribution in [0, 0.1) is 27.7 Å². The van der Waals surface area contributed by atoms with Crippen LogP contribution < -0.4 is 14.2 Å². The zero-order valence-corrected chi connectivity index (χ0v) is 21.6. The molecule has 0 unspecified atom stereocenters. The van der Waals surface area contributed by atoms with Gasteiger partial charge in [-0.2, -0.15) is 0 Å². The Balaban J connectivity index is 1.32. The quantitative estimate of drug-likeness (QED) is 0.407. The van der Waals surface area contributed by atoms with E-state index in [0.717, 1.165) is 62.8 Å². The lowest BCUT2D eigenvalue weighted by atomic mass is 10.1. The molecule has 1 fully saturated rings. The first-order valence-electron chi connectivity index (χ1n) is 11.9. The van der Waals surface area contributed by atoms with Crippen molar-refractivity contribution < 1.29 is 23.8 Å². The average Bonchev–Trinajstić information content (AvgIpc) is 3.29. The molecule has 0 saturated carbocycles. The Morgan fingerprint density at radius 2 is 1.75 bits per heavy atom. The van der Waals surface area contributed by atoms with E-state index in [1.165, 1.54) is 4.90 Å². The van der Waals surface area contributed by atoms with Gasteiger partial charge in [0, 0.05) is 23.1 Å². The summed E-state index contributed by atoms with van der Waals surface area (Å²) in [6.07, 6.45) is 1.80. The highest BCUT2D eigenvalue weighted by Gasteiger charge is 2.35. The summed E-state index contributed by atoms with van der Waals surface area (Å²) in [6.45, 7) is 9.49. The van der Waals surface area contributed by atoms with E-state index in [9.17, 15) is 9.59 Å². The number of ether oxygens (including phenoxy) is 3. The number of hydrogen-bond donors (Lipinski definition) is 0. The van der Waals surface area contributed by atoms with E-state index < -0.39 is 0 Å². The molecule has 2 aliphatic heterocycles. The molecular formula is C28H28N2O5S. The molecule has 36 heavy (non-hydrogen) atoms. The highest BCUT2D eigenvalue weighted by Crippen LogP contribution is 2.36. The molecule has 1 aromatic heterocycles. The van der Waals surface area contributed by atoms with Crippen molar-refractivity contribution >= 4 is 29.0 Å². The number of amides is 2. The highest BCUT2D eigenvalue weighted by atomic mass is 32.2. The van der Waals surface area contributed by atoms with Gasteiger partial charge >= 0.3 is 0 Å². The van der Waals surface area contributed by atoms with Crippen LogP contribution in [0.15, 0.2) is 47.4 Å². The van der Waals surface area contributed by atoms with Crippen molar-refractivity contribution in [2.75, 3.05) is 26.4 Å². The number of carbonyl (C=O) groups excluding carboxylic acids is 2. The minimum absolute atomic E-state index is 0.200. The molecule has 0 bridgehead atoms. The van der Waals surface area contributed by atoms with Crippen LogP contribution in [0.5, 0.6) is 17.2 Å². The number of aryl methyl sites for hydroxylation is 3. The molecule has 0 radical (unpaired) electrons. The largest absolute Gasteiger partial charge is 0.491 e. The Morgan fingerprint density at radius 1 is 0.972 bits per heavy atom. The summed E-state index contributed by atoms with van der Waals surface area (Å²) >= 11 is 0.964. The fourth-order valence-corrected chi connectivity index (χ4v) is 5.30. The van der Waals surface area contributed by atoms with Crippen LogP contribution in [0.1, 0.15) is 28.1 Å². The van der Waals surface area contributed by atoms with Crippen molar-refractivity contribution in [3.8, 4) is 22.9 Å². The van der Waals surface area contributed by atoms with Gasteiger partial charge in [0.2, 0.25) is 0 Å². The van der Waals surface area contributed by atoms with E-state index in [4.69, 9.17) is 14.2 Å². The molecule has 3 heterocycles. The monoisotopic (exact) mass is 504 g/mol. The Bertz CT molecular complexity index is 1390. The fraction of sp³-hybridized carbons (Fsp3) is 0.286. The lowest BCUT2D eigenvalue weighted by Gasteiger charge is -2.20. The average molecular weight is 505 g/mol. The standard InChI is InChI=1S/C28H28N2O5S/c1-17-5-6-18(2)24(13-17)33-10-9-29-27(31)26(36-28(29)32)15-21-14-19(3)30(20(21)4)22-7-8-23-25(16-22)35-12-11-34-23/h5-8,13-16H,9-12H2,1-4H3/b26-15-. The topological polar surface area (TPSA) is 70.0 Å². The van der Waals surface area contributed by atoms with E-state index in [2.05, 4.69) is 4.57 Å². The zero-order valence-electron chi connectivity index (χ0n) is 20.8. The molecule has 0 N–H and O–H groups in total. The summed E-state index contributed by atoms with van der Waals surface area (Å²) in [5, 5.41) is -0.281. The number of fused-ring (bicyclic) bond motifs is 1. The second-order valence-electron chi connectivity index (χ2n) is 8.94. The second kappa shape index (κ2) is 9.78. The predicted molar refractivity (Wildman–Crippen MR) is 140 cm³/mol. The third kappa shape index (κ3) is 4.60. The molecule has 8 heteroatoms. The zero-order chi connectivity index (χ0) is 25.4. The van der Waals surface area contributed by atoms with E-state index in [1.807, 2.05) is 70.2 Å². The Morgan fingerprint density at radius 3 is 2.56 bits per heavy atom. The van der Waals surface area contributed by atoms with Crippen LogP contribution in [0.3, 0.4) is 0 Å². The third-order valence-electron chi connectivity index (χ3n) is 6.33. The Labute approximate surface area is 214 Å². The summed E-state index contributed by atoms with van der Waals surface area (Å²) < 4.78 is 19.3. The molecule has 0 spiro atoms. The van der Waals surface area contributed by atoms with Gasteiger partial charge < -0.3 is 18.8 Å². The van der Waals surface area contributed by atoms with Gasteiger partial charge in [0.05, 0.1) is 11.4 Å². The Kier molecular flexibility index (Phi) is 6.53. The first kappa shape index (κ1) is 24.1. The normalized spacial score (nSPS) is 16.2. The first-order chi connectivity index (χ1) is 17.3. The van der Waals surface area contributed by atoms with Crippen LogP contribution >= 0.6 is 11.8 Å². The lowest BCUT2D eigenvalue weighted by molar-refractivity contribution is -0.123. The number of imide groups is 1. The number of carbonyl (C=O) groups is 2. The van der Waals surface area contributed by atoms with Gasteiger partial charge in [0.1, 0.15) is 25.6 Å². The minimum atomic E-state index is -0.293. The number of rotatable bonds is 6. The molecule has 0 atom stereocenters. The summed E-state index contributed by atoms with van der Waals surface area (Å²) in [5.74, 6) is 1.93. The van der Waals surface area contributed by atoms with Crippen LogP contribution in [-0.4, -0.2) is 47.0 Å². The molecule has 186 valence electrons. The van der Waals surface area contributed by atoms with Crippen molar-refractivity contribution in [2.24, 2.45) is 0 Å². The second-order valence-corrected chi connectivity index (χ2v) is 9.93. The highest BCUT2D eigenvalue weighted by molar-refractivity contribution is 8.18. The maximum absolute atomic E-state index is 13.0. The van der Waals surface area contributed by atoms with Crippen molar-refractivity contribution in [3.05, 3.63) is 75.4 Å². The van der Waals surface area contributed by atoms with E-state index in [0.29, 0.717) is 18.1 Å². The summed E-state index contributed by atoms with van der Waals surface area (Å²) in [5.41, 5.74) is 5.93. The number of nitrogens with zero attached hydrogens (tertiary/aromatic N) is 2. The van der Waals surface area contributed by atoms with Gasteiger partial charge in [-0.25, -0.2) is 0 Å².